The Morgan fingerprint density at radius 3 is 2.33 bits per heavy atom. The van der Waals surface area contributed by atoms with Crippen LogP contribution in [-0.2, 0) is 9.47 Å². The van der Waals surface area contributed by atoms with Crippen LogP contribution in [0.3, 0.4) is 0 Å². The zero-order chi connectivity index (χ0) is 9.41. The topological polar surface area (TPSA) is 18.5 Å². The molecule has 12 heavy (non-hydrogen) atoms. The standard InChI is InChI=1S/C9H17ClO2/c1-8(2,3)9(4)11-6-7(5-10)12-9/h7H,5-6H2,1-4H3. The Kier molecular flexibility index (Phi) is 2.72. The summed E-state index contributed by atoms with van der Waals surface area (Å²) >= 11 is 5.68. The molecule has 0 aromatic carbocycles. The summed E-state index contributed by atoms with van der Waals surface area (Å²) in [6.07, 6.45) is 0.0518. The molecule has 0 aromatic rings. The van der Waals surface area contributed by atoms with Gasteiger partial charge in [0.1, 0.15) is 0 Å². The Balaban J connectivity index is 2.64. The molecule has 1 heterocycles. The van der Waals surface area contributed by atoms with Gasteiger partial charge in [-0.15, -0.1) is 11.6 Å². The van der Waals surface area contributed by atoms with Gasteiger partial charge in [-0.2, -0.15) is 0 Å². The molecule has 3 heteroatoms. The summed E-state index contributed by atoms with van der Waals surface area (Å²) in [5.41, 5.74) is -0.00614. The fourth-order valence-electron chi connectivity index (χ4n) is 1.11. The van der Waals surface area contributed by atoms with Crippen LogP contribution in [0.4, 0.5) is 0 Å². The first-order chi connectivity index (χ1) is 5.39. The average molecular weight is 193 g/mol. The number of alkyl halides is 1. The third kappa shape index (κ3) is 1.76. The molecule has 1 rings (SSSR count). The number of hydrogen-bond acceptors (Lipinski definition) is 2. The highest BCUT2D eigenvalue weighted by Gasteiger charge is 2.46. The van der Waals surface area contributed by atoms with E-state index in [9.17, 15) is 0 Å². The Morgan fingerprint density at radius 1 is 1.50 bits per heavy atom. The summed E-state index contributed by atoms with van der Waals surface area (Å²) in [7, 11) is 0. The summed E-state index contributed by atoms with van der Waals surface area (Å²) in [5, 5.41) is 0. The van der Waals surface area contributed by atoms with Crippen molar-refractivity contribution >= 4 is 11.6 Å². The predicted octanol–water partition coefficient (Wildman–Crippen LogP) is 2.40. The molecule has 0 bridgehead atoms. The molecule has 0 aromatic heterocycles. The van der Waals surface area contributed by atoms with Gasteiger partial charge in [-0.1, -0.05) is 20.8 Å². The fraction of sp³-hybridized carbons (Fsp3) is 1.00. The minimum absolute atomic E-state index is 0.00614. The van der Waals surface area contributed by atoms with Gasteiger partial charge in [-0.3, -0.25) is 0 Å². The highest BCUT2D eigenvalue weighted by atomic mass is 35.5. The van der Waals surface area contributed by atoms with Crippen LogP contribution in [0.15, 0.2) is 0 Å². The molecular formula is C9H17ClO2. The first-order valence-electron chi connectivity index (χ1n) is 4.27. The molecule has 0 saturated carbocycles. The van der Waals surface area contributed by atoms with Gasteiger partial charge in [0.2, 0.25) is 0 Å². The molecule has 1 saturated heterocycles. The van der Waals surface area contributed by atoms with Gasteiger partial charge >= 0.3 is 0 Å². The monoisotopic (exact) mass is 192 g/mol. The summed E-state index contributed by atoms with van der Waals surface area (Å²) < 4.78 is 11.3. The van der Waals surface area contributed by atoms with Gasteiger partial charge in [0, 0.05) is 5.41 Å². The van der Waals surface area contributed by atoms with E-state index in [4.69, 9.17) is 21.1 Å². The van der Waals surface area contributed by atoms with Crippen molar-refractivity contribution < 1.29 is 9.47 Å². The quantitative estimate of drug-likeness (QED) is 0.594. The van der Waals surface area contributed by atoms with E-state index in [1.54, 1.807) is 0 Å². The van der Waals surface area contributed by atoms with Crippen molar-refractivity contribution in [1.82, 2.24) is 0 Å². The van der Waals surface area contributed by atoms with E-state index in [0.717, 1.165) is 0 Å². The molecule has 0 radical (unpaired) electrons. The van der Waals surface area contributed by atoms with Gasteiger partial charge in [-0.05, 0) is 6.92 Å². The van der Waals surface area contributed by atoms with Gasteiger partial charge in [0.15, 0.2) is 5.79 Å². The largest absolute Gasteiger partial charge is 0.347 e. The molecule has 0 N–H and O–H groups in total. The molecule has 1 fully saturated rings. The first-order valence-corrected chi connectivity index (χ1v) is 4.80. The normalized spacial score (nSPS) is 37.2. The molecular weight excluding hydrogens is 176 g/mol. The van der Waals surface area contributed by atoms with Crippen LogP contribution >= 0.6 is 11.6 Å². The number of rotatable bonds is 1. The number of hydrogen-bond donors (Lipinski definition) is 0. The molecule has 2 atom stereocenters. The molecule has 1 aliphatic rings. The van der Waals surface area contributed by atoms with Gasteiger partial charge in [0.05, 0.1) is 18.6 Å². The molecule has 2 unspecified atom stereocenters. The van der Waals surface area contributed by atoms with E-state index in [2.05, 4.69) is 20.8 Å². The lowest BCUT2D eigenvalue weighted by Gasteiger charge is -2.36. The van der Waals surface area contributed by atoms with Crippen molar-refractivity contribution in [1.29, 1.82) is 0 Å². The maximum atomic E-state index is 5.71. The predicted molar refractivity (Wildman–Crippen MR) is 49.4 cm³/mol. The van der Waals surface area contributed by atoms with E-state index in [-0.39, 0.29) is 11.5 Å². The third-order valence-electron chi connectivity index (χ3n) is 2.47. The van der Waals surface area contributed by atoms with Crippen LogP contribution in [0, 0.1) is 5.41 Å². The lowest BCUT2D eigenvalue weighted by Crippen LogP contribution is -2.41. The van der Waals surface area contributed by atoms with Crippen molar-refractivity contribution in [3.05, 3.63) is 0 Å². The van der Waals surface area contributed by atoms with E-state index in [1.165, 1.54) is 0 Å². The molecule has 2 nitrogen and oxygen atoms in total. The lowest BCUT2D eigenvalue weighted by molar-refractivity contribution is -0.215. The maximum Gasteiger partial charge on any atom is 0.170 e. The van der Waals surface area contributed by atoms with Crippen LogP contribution in [-0.4, -0.2) is 24.4 Å². The number of halogens is 1. The van der Waals surface area contributed by atoms with Crippen molar-refractivity contribution in [3.63, 3.8) is 0 Å². The zero-order valence-electron chi connectivity index (χ0n) is 8.19. The Hall–Kier alpha value is 0.210. The van der Waals surface area contributed by atoms with E-state index >= 15 is 0 Å². The minimum Gasteiger partial charge on any atom is -0.347 e. The SMILES string of the molecule is CC(C)(C)C1(C)OCC(CCl)O1. The van der Waals surface area contributed by atoms with Crippen LogP contribution in [0.1, 0.15) is 27.7 Å². The minimum atomic E-state index is -0.480. The molecule has 0 spiro atoms. The van der Waals surface area contributed by atoms with Crippen LogP contribution in [0.5, 0.6) is 0 Å². The Bertz CT molecular complexity index is 164. The Labute approximate surface area is 79.2 Å². The van der Waals surface area contributed by atoms with E-state index < -0.39 is 5.79 Å². The number of ether oxygens (including phenoxy) is 2. The second kappa shape index (κ2) is 3.17. The molecule has 0 aliphatic carbocycles. The molecule has 0 amide bonds. The maximum absolute atomic E-state index is 5.71. The smallest absolute Gasteiger partial charge is 0.170 e. The van der Waals surface area contributed by atoms with Gasteiger partial charge in [0.25, 0.3) is 0 Å². The van der Waals surface area contributed by atoms with Crippen molar-refractivity contribution in [2.24, 2.45) is 5.41 Å². The summed E-state index contributed by atoms with van der Waals surface area (Å²) in [6.45, 7) is 8.88. The second-order valence-corrected chi connectivity index (χ2v) is 4.71. The molecule has 72 valence electrons. The van der Waals surface area contributed by atoms with Gasteiger partial charge < -0.3 is 9.47 Å². The lowest BCUT2D eigenvalue weighted by atomic mass is 9.87. The van der Waals surface area contributed by atoms with E-state index in [0.29, 0.717) is 12.5 Å². The van der Waals surface area contributed by atoms with Crippen molar-refractivity contribution in [2.45, 2.75) is 39.6 Å². The highest BCUT2D eigenvalue weighted by Crippen LogP contribution is 2.39. The van der Waals surface area contributed by atoms with Gasteiger partial charge in [-0.25, -0.2) is 0 Å². The average Bonchev–Trinajstić information content (AvgIpc) is 2.31. The Morgan fingerprint density at radius 2 is 2.08 bits per heavy atom. The van der Waals surface area contributed by atoms with Crippen molar-refractivity contribution in [2.75, 3.05) is 12.5 Å². The fourth-order valence-corrected chi connectivity index (χ4v) is 1.26. The summed E-state index contributed by atoms with van der Waals surface area (Å²) in [5.74, 6) is 0.0260. The second-order valence-electron chi connectivity index (χ2n) is 4.40. The van der Waals surface area contributed by atoms with Crippen LogP contribution in [0.25, 0.3) is 0 Å². The van der Waals surface area contributed by atoms with Crippen LogP contribution < -0.4 is 0 Å². The zero-order valence-corrected chi connectivity index (χ0v) is 8.94. The first kappa shape index (κ1) is 10.3. The van der Waals surface area contributed by atoms with Crippen molar-refractivity contribution in [3.8, 4) is 0 Å². The third-order valence-corrected chi connectivity index (χ3v) is 2.81. The summed E-state index contributed by atoms with van der Waals surface area (Å²) in [4.78, 5) is 0. The molecule has 1 aliphatic heterocycles. The highest BCUT2D eigenvalue weighted by molar-refractivity contribution is 6.18. The van der Waals surface area contributed by atoms with E-state index in [1.807, 2.05) is 6.92 Å². The van der Waals surface area contributed by atoms with Crippen LogP contribution in [0.2, 0.25) is 0 Å². The summed E-state index contributed by atoms with van der Waals surface area (Å²) in [6, 6.07) is 0.